The molecular formula is C15H22ClN5. The summed E-state index contributed by atoms with van der Waals surface area (Å²) in [6, 6.07) is 5.49. The number of aromatic nitrogens is 4. The molecule has 0 spiro atoms. The van der Waals surface area contributed by atoms with E-state index in [4.69, 9.17) is 17.3 Å². The Balaban J connectivity index is 2.19. The third-order valence-electron chi connectivity index (χ3n) is 3.76. The number of halogens is 1. The van der Waals surface area contributed by atoms with Gasteiger partial charge in [0.1, 0.15) is 0 Å². The molecule has 2 aromatic rings. The summed E-state index contributed by atoms with van der Waals surface area (Å²) in [4.78, 5) is 0. The van der Waals surface area contributed by atoms with Crippen molar-refractivity contribution in [2.45, 2.75) is 46.1 Å². The van der Waals surface area contributed by atoms with Gasteiger partial charge in [0.25, 0.3) is 0 Å². The summed E-state index contributed by atoms with van der Waals surface area (Å²) in [6.07, 6.45) is 4.78. The fourth-order valence-corrected chi connectivity index (χ4v) is 2.54. The highest BCUT2D eigenvalue weighted by atomic mass is 35.5. The molecule has 0 fully saturated rings. The van der Waals surface area contributed by atoms with Crippen LogP contribution in [0.15, 0.2) is 18.2 Å². The van der Waals surface area contributed by atoms with Crippen molar-refractivity contribution < 1.29 is 0 Å². The Labute approximate surface area is 130 Å². The monoisotopic (exact) mass is 307 g/mol. The van der Waals surface area contributed by atoms with Gasteiger partial charge in [-0.15, -0.1) is 5.10 Å². The Morgan fingerprint density at radius 1 is 1.33 bits per heavy atom. The van der Waals surface area contributed by atoms with Crippen LogP contribution in [0.3, 0.4) is 0 Å². The number of benzene rings is 1. The van der Waals surface area contributed by atoms with E-state index in [1.54, 1.807) is 6.07 Å². The normalized spacial score (nSPS) is 12.5. The van der Waals surface area contributed by atoms with Gasteiger partial charge < -0.3 is 5.73 Å². The van der Waals surface area contributed by atoms with Crippen LogP contribution in [0.5, 0.6) is 0 Å². The van der Waals surface area contributed by atoms with Gasteiger partial charge in [-0.25, -0.2) is 4.68 Å². The van der Waals surface area contributed by atoms with Crippen molar-refractivity contribution in [1.82, 2.24) is 20.2 Å². The Kier molecular flexibility index (Phi) is 5.56. The minimum Gasteiger partial charge on any atom is -0.398 e. The van der Waals surface area contributed by atoms with E-state index in [1.807, 2.05) is 16.8 Å². The summed E-state index contributed by atoms with van der Waals surface area (Å²) in [5, 5.41) is 12.6. The molecule has 0 saturated heterocycles. The van der Waals surface area contributed by atoms with Crippen molar-refractivity contribution in [3.05, 3.63) is 23.2 Å². The second kappa shape index (κ2) is 7.41. The van der Waals surface area contributed by atoms with Crippen LogP contribution in [-0.2, 0) is 6.54 Å². The van der Waals surface area contributed by atoms with E-state index in [0.717, 1.165) is 24.4 Å². The van der Waals surface area contributed by atoms with E-state index in [9.17, 15) is 0 Å². The standard InChI is InChI=1S/C15H22ClN5/c1-3-5-6-11(4-2)10-21-15(18-19-20-21)12-7-8-14(17)13(16)9-12/h7-9,11H,3-6,10,17H2,1-2H3. The van der Waals surface area contributed by atoms with Crippen molar-refractivity contribution >= 4 is 17.3 Å². The summed E-state index contributed by atoms with van der Waals surface area (Å²) in [5.41, 5.74) is 7.20. The smallest absolute Gasteiger partial charge is 0.182 e. The first-order chi connectivity index (χ1) is 10.2. The van der Waals surface area contributed by atoms with E-state index in [1.165, 1.54) is 19.3 Å². The number of nitrogens with two attached hydrogens (primary N) is 1. The van der Waals surface area contributed by atoms with E-state index in [-0.39, 0.29) is 0 Å². The second-order valence-corrected chi connectivity index (χ2v) is 5.74. The lowest BCUT2D eigenvalue weighted by Gasteiger charge is -2.15. The molecule has 114 valence electrons. The molecule has 0 saturated carbocycles. The maximum absolute atomic E-state index is 6.08. The third-order valence-corrected chi connectivity index (χ3v) is 4.09. The molecule has 0 aliphatic rings. The molecule has 0 aliphatic heterocycles. The van der Waals surface area contributed by atoms with Crippen LogP contribution in [0.25, 0.3) is 11.4 Å². The van der Waals surface area contributed by atoms with Gasteiger partial charge in [-0.2, -0.15) is 0 Å². The number of hydrogen-bond donors (Lipinski definition) is 1. The van der Waals surface area contributed by atoms with Crippen LogP contribution in [-0.4, -0.2) is 20.2 Å². The number of rotatable bonds is 7. The Morgan fingerprint density at radius 2 is 2.14 bits per heavy atom. The van der Waals surface area contributed by atoms with Gasteiger partial charge in [0, 0.05) is 12.1 Å². The lowest BCUT2D eigenvalue weighted by atomic mass is 9.99. The highest BCUT2D eigenvalue weighted by molar-refractivity contribution is 6.33. The molecule has 1 unspecified atom stereocenters. The van der Waals surface area contributed by atoms with Crippen LogP contribution in [0.4, 0.5) is 5.69 Å². The number of hydrogen-bond acceptors (Lipinski definition) is 4. The largest absolute Gasteiger partial charge is 0.398 e. The molecular weight excluding hydrogens is 286 g/mol. The number of tetrazole rings is 1. The van der Waals surface area contributed by atoms with Crippen molar-refractivity contribution in [2.75, 3.05) is 5.73 Å². The summed E-state index contributed by atoms with van der Waals surface area (Å²) in [5.74, 6) is 1.34. The van der Waals surface area contributed by atoms with Gasteiger partial charge in [-0.05, 0) is 41.0 Å². The molecule has 0 radical (unpaired) electrons. The highest BCUT2D eigenvalue weighted by Crippen LogP contribution is 2.26. The molecule has 2 rings (SSSR count). The van der Waals surface area contributed by atoms with Crippen LogP contribution >= 0.6 is 11.6 Å². The van der Waals surface area contributed by atoms with Crippen molar-refractivity contribution in [3.63, 3.8) is 0 Å². The fourth-order valence-electron chi connectivity index (χ4n) is 2.36. The van der Waals surface area contributed by atoms with E-state index < -0.39 is 0 Å². The summed E-state index contributed by atoms with van der Waals surface area (Å²) < 4.78 is 1.87. The number of nitrogens with zero attached hydrogens (tertiary/aromatic N) is 4. The third kappa shape index (κ3) is 3.94. The van der Waals surface area contributed by atoms with E-state index in [0.29, 0.717) is 16.6 Å². The van der Waals surface area contributed by atoms with Gasteiger partial charge in [-0.1, -0.05) is 44.7 Å². The lowest BCUT2D eigenvalue weighted by molar-refractivity contribution is 0.370. The minimum absolute atomic E-state index is 0.528. The zero-order chi connectivity index (χ0) is 15.2. The predicted octanol–water partition coefficient (Wildman–Crippen LogP) is 3.79. The maximum atomic E-state index is 6.08. The molecule has 0 bridgehead atoms. The molecule has 1 aromatic heterocycles. The van der Waals surface area contributed by atoms with Crippen molar-refractivity contribution in [2.24, 2.45) is 5.92 Å². The van der Waals surface area contributed by atoms with E-state index >= 15 is 0 Å². The lowest BCUT2D eigenvalue weighted by Crippen LogP contribution is -2.13. The van der Waals surface area contributed by atoms with Gasteiger partial charge in [-0.3, -0.25) is 0 Å². The van der Waals surface area contributed by atoms with Crippen LogP contribution < -0.4 is 5.73 Å². The second-order valence-electron chi connectivity index (χ2n) is 5.34. The molecule has 0 amide bonds. The van der Waals surface area contributed by atoms with Crippen LogP contribution in [0.1, 0.15) is 39.5 Å². The number of anilines is 1. The first-order valence-corrected chi connectivity index (χ1v) is 7.85. The molecule has 1 heterocycles. The first-order valence-electron chi connectivity index (χ1n) is 7.47. The Bertz CT molecular complexity index is 581. The molecule has 2 N–H and O–H groups in total. The summed E-state index contributed by atoms with van der Waals surface area (Å²) >= 11 is 6.08. The molecule has 21 heavy (non-hydrogen) atoms. The summed E-state index contributed by atoms with van der Waals surface area (Å²) in [7, 11) is 0. The number of nitrogen functional groups attached to an aromatic ring is 1. The number of unbranched alkanes of at least 4 members (excludes halogenated alkanes) is 1. The SMILES string of the molecule is CCCCC(CC)Cn1nnnc1-c1ccc(N)c(Cl)c1. The van der Waals surface area contributed by atoms with E-state index in [2.05, 4.69) is 29.4 Å². The topological polar surface area (TPSA) is 69.6 Å². The molecule has 6 heteroatoms. The quantitative estimate of drug-likeness (QED) is 0.790. The predicted molar refractivity (Wildman–Crippen MR) is 86.0 cm³/mol. The van der Waals surface area contributed by atoms with Crippen molar-refractivity contribution in [1.29, 1.82) is 0 Å². The van der Waals surface area contributed by atoms with Crippen LogP contribution in [0, 0.1) is 5.92 Å². The zero-order valence-electron chi connectivity index (χ0n) is 12.6. The highest BCUT2D eigenvalue weighted by Gasteiger charge is 2.14. The molecule has 5 nitrogen and oxygen atoms in total. The average molecular weight is 308 g/mol. The first kappa shape index (κ1) is 15.8. The summed E-state index contributed by atoms with van der Waals surface area (Å²) in [6.45, 7) is 5.26. The fraction of sp³-hybridized carbons (Fsp3) is 0.533. The van der Waals surface area contributed by atoms with Gasteiger partial charge in [0.05, 0.1) is 10.7 Å². The maximum Gasteiger partial charge on any atom is 0.182 e. The minimum atomic E-state index is 0.528. The van der Waals surface area contributed by atoms with Crippen LogP contribution in [0.2, 0.25) is 5.02 Å². The average Bonchev–Trinajstić information content (AvgIpc) is 2.94. The molecule has 0 aliphatic carbocycles. The van der Waals surface area contributed by atoms with Gasteiger partial charge in [0.15, 0.2) is 5.82 Å². The van der Waals surface area contributed by atoms with Gasteiger partial charge in [0.2, 0.25) is 0 Å². The zero-order valence-corrected chi connectivity index (χ0v) is 13.3. The Hall–Kier alpha value is -1.62. The molecule has 1 aromatic carbocycles. The molecule has 1 atom stereocenters. The Morgan fingerprint density at radius 3 is 2.81 bits per heavy atom. The van der Waals surface area contributed by atoms with Gasteiger partial charge >= 0.3 is 0 Å². The van der Waals surface area contributed by atoms with Crippen molar-refractivity contribution in [3.8, 4) is 11.4 Å².